The average molecular weight is 213 g/mol. The highest BCUT2D eigenvalue weighted by Gasteiger charge is 2.16. The van der Waals surface area contributed by atoms with Crippen molar-refractivity contribution in [1.82, 2.24) is 5.32 Å². The summed E-state index contributed by atoms with van der Waals surface area (Å²) in [5, 5.41) is 3.10. The van der Waals surface area contributed by atoms with Gasteiger partial charge >= 0.3 is 5.97 Å². The van der Waals surface area contributed by atoms with Gasteiger partial charge in [0.2, 0.25) is 0 Å². The SMILES string of the molecule is C=C[C@@H](CCC)NCC(=O)OC(C)(C)C. The van der Waals surface area contributed by atoms with Crippen LogP contribution >= 0.6 is 0 Å². The molecule has 15 heavy (non-hydrogen) atoms. The molecule has 0 aliphatic heterocycles. The van der Waals surface area contributed by atoms with Gasteiger partial charge in [-0.2, -0.15) is 0 Å². The summed E-state index contributed by atoms with van der Waals surface area (Å²) in [4.78, 5) is 11.4. The zero-order chi connectivity index (χ0) is 11.9. The van der Waals surface area contributed by atoms with Gasteiger partial charge < -0.3 is 10.1 Å². The minimum atomic E-state index is -0.410. The molecule has 0 spiro atoms. The quantitative estimate of drug-likeness (QED) is 0.543. The van der Waals surface area contributed by atoms with Crippen molar-refractivity contribution in [2.24, 2.45) is 0 Å². The van der Waals surface area contributed by atoms with Gasteiger partial charge in [0.15, 0.2) is 0 Å². The molecule has 0 bridgehead atoms. The highest BCUT2D eigenvalue weighted by atomic mass is 16.6. The van der Waals surface area contributed by atoms with E-state index in [4.69, 9.17) is 4.74 Å². The number of ether oxygens (including phenoxy) is 1. The number of nitrogens with one attached hydrogen (secondary N) is 1. The minimum Gasteiger partial charge on any atom is -0.459 e. The first kappa shape index (κ1) is 14.2. The Bertz CT molecular complexity index is 206. The lowest BCUT2D eigenvalue weighted by molar-refractivity contribution is -0.153. The molecule has 0 aromatic rings. The maximum atomic E-state index is 11.4. The monoisotopic (exact) mass is 213 g/mol. The van der Waals surface area contributed by atoms with Crippen LogP contribution in [0.4, 0.5) is 0 Å². The lowest BCUT2D eigenvalue weighted by Gasteiger charge is -2.20. The first-order chi connectivity index (χ1) is 6.89. The zero-order valence-corrected chi connectivity index (χ0v) is 10.3. The van der Waals surface area contributed by atoms with Crippen LogP contribution in [-0.2, 0) is 9.53 Å². The zero-order valence-electron chi connectivity index (χ0n) is 10.3. The largest absolute Gasteiger partial charge is 0.459 e. The summed E-state index contributed by atoms with van der Waals surface area (Å²) in [5.74, 6) is -0.217. The third kappa shape index (κ3) is 8.18. The summed E-state index contributed by atoms with van der Waals surface area (Å²) < 4.78 is 5.18. The van der Waals surface area contributed by atoms with Gasteiger partial charge in [0, 0.05) is 6.04 Å². The van der Waals surface area contributed by atoms with Gasteiger partial charge in [-0.05, 0) is 27.2 Å². The van der Waals surface area contributed by atoms with Gasteiger partial charge in [0.25, 0.3) is 0 Å². The molecule has 0 fully saturated rings. The van der Waals surface area contributed by atoms with Crippen LogP contribution < -0.4 is 5.32 Å². The summed E-state index contributed by atoms with van der Waals surface area (Å²) in [7, 11) is 0. The van der Waals surface area contributed by atoms with Gasteiger partial charge in [0.1, 0.15) is 5.60 Å². The molecule has 0 heterocycles. The molecule has 0 aromatic carbocycles. The van der Waals surface area contributed by atoms with E-state index < -0.39 is 5.60 Å². The maximum Gasteiger partial charge on any atom is 0.320 e. The Morgan fingerprint density at radius 2 is 2.13 bits per heavy atom. The molecule has 0 saturated carbocycles. The highest BCUT2D eigenvalue weighted by Crippen LogP contribution is 2.06. The minimum absolute atomic E-state index is 0.197. The topological polar surface area (TPSA) is 38.3 Å². The molecule has 0 radical (unpaired) electrons. The van der Waals surface area contributed by atoms with Crippen molar-refractivity contribution in [2.45, 2.75) is 52.2 Å². The Morgan fingerprint density at radius 3 is 2.53 bits per heavy atom. The molecule has 0 aliphatic carbocycles. The second-order valence-electron chi connectivity index (χ2n) is 4.60. The van der Waals surface area contributed by atoms with E-state index in [1.807, 2.05) is 26.8 Å². The van der Waals surface area contributed by atoms with Gasteiger partial charge in [0.05, 0.1) is 6.54 Å². The summed E-state index contributed by atoms with van der Waals surface area (Å²) in [6, 6.07) is 0.197. The van der Waals surface area contributed by atoms with Crippen molar-refractivity contribution in [3.8, 4) is 0 Å². The second kappa shape index (κ2) is 6.62. The molecule has 88 valence electrons. The smallest absolute Gasteiger partial charge is 0.320 e. The molecule has 0 saturated heterocycles. The van der Waals surface area contributed by atoms with Crippen molar-refractivity contribution < 1.29 is 9.53 Å². The summed E-state index contributed by atoms with van der Waals surface area (Å²) >= 11 is 0. The van der Waals surface area contributed by atoms with Crippen molar-refractivity contribution in [3.63, 3.8) is 0 Å². The first-order valence-corrected chi connectivity index (χ1v) is 5.47. The molecular weight excluding hydrogens is 190 g/mol. The fourth-order valence-corrected chi connectivity index (χ4v) is 1.21. The van der Waals surface area contributed by atoms with Gasteiger partial charge in [-0.1, -0.05) is 19.4 Å². The van der Waals surface area contributed by atoms with Crippen LogP contribution in [0.1, 0.15) is 40.5 Å². The van der Waals surface area contributed by atoms with Crippen molar-refractivity contribution in [2.75, 3.05) is 6.54 Å². The fourth-order valence-electron chi connectivity index (χ4n) is 1.21. The number of carbonyl (C=O) groups excluding carboxylic acids is 1. The van der Waals surface area contributed by atoms with Crippen LogP contribution in [0.5, 0.6) is 0 Å². The maximum absolute atomic E-state index is 11.4. The molecule has 0 rings (SSSR count). The van der Waals surface area contributed by atoms with E-state index in [-0.39, 0.29) is 18.6 Å². The number of hydrogen-bond acceptors (Lipinski definition) is 3. The molecule has 0 aliphatic rings. The summed E-state index contributed by atoms with van der Waals surface area (Å²) in [6.07, 6.45) is 3.89. The lowest BCUT2D eigenvalue weighted by atomic mass is 10.1. The van der Waals surface area contributed by atoms with Crippen LogP contribution in [-0.4, -0.2) is 24.2 Å². The van der Waals surface area contributed by atoms with E-state index >= 15 is 0 Å². The summed E-state index contributed by atoms with van der Waals surface area (Å²) in [5.41, 5.74) is -0.410. The Labute approximate surface area is 92.9 Å². The number of esters is 1. The lowest BCUT2D eigenvalue weighted by Crippen LogP contribution is -2.36. The van der Waals surface area contributed by atoms with Crippen LogP contribution in [0.25, 0.3) is 0 Å². The van der Waals surface area contributed by atoms with Crippen LogP contribution in [0.15, 0.2) is 12.7 Å². The van der Waals surface area contributed by atoms with Gasteiger partial charge in [-0.15, -0.1) is 6.58 Å². The van der Waals surface area contributed by atoms with Gasteiger partial charge in [-0.3, -0.25) is 4.79 Å². The van der Waals surface area contributed by atoms with E-state index in [1.54, 1.807) is 0 Å². The second-order valence-corrected chi connectivity index (χ2v) is 4.60. The van der Waals surface area contributed by atoms with E-state index in [1.165, 1.54) is 0 Å². The molecule has 0 aromatic heterocycles. The molecule has 1 atom stereocenters. The third-order valence-electron chi connectivity index (χ3n) is 1.81. The van der Waals surface area contributed by atoms with Crippen LogP contribution in [0.3, 0.4) is 0 Å². The van der Waals surface area contributed by atoms with Crippen LogP contribution in [0.2, 0.25) is 0 Å². The van der Waals surface area contributed by atoms with Crippen molar-refractivity contribution in [1.29, 1.82) is 0 Å². The van der Waals surface area contributed by atoms with E-state index in [0.717, 1.165) is 12.8 Å². The first-order valence-electron chi connectivity index (χ1n) is 5.47. The third-order valence-corrected chi connectivity index (χ3v) is 1.81. The van der Waals surface area contributed by atoms with Crippen molar-refractivity contribution in [3.05, 3.63) is 12.7 Å². The molecule has 3 nitrogen and oxygen atoms in total. The predicted octanol–water partition coefficient (Wildman–Crippen LogP) is 2.27. The normalized spacial score (nSPS) is 13.3. The van der Waals surface area contributed by atoms with E-state index in [2.05, 4.69) is 18.8 Å². The average Bonchev–Trinajstić information content (AvgIpc) is 2.09. The van der Waals surface area contributed by atoms with E-state index in [0.29, 0.717) is 0 Å². The predicted molar refractivity (Wildman–Crippen MR) is 62.7 cm³/mol. The molecule has 0 unspecified atom stereocenters. The Kier molecular flexibility index (Phi) is 6.25. The number of rotatable bonds is 6. The molecule has 1 N–H and O–H groups in total. The van der Waals surface area contributed by atoms with Crippen LogP contribution in [0, 0.1) is 0 Å². The molecule has 0 amide bonds. The summed E-state index contributed by atoms with van der Waals surface area (Å²) in [6.45, 7) is 11.7. The standard InChI is InChI=1S/C12H23NO2/c1-6-8-10(7-2)13-9-11(14)15-12(3,4)5/h7,10,13H,2,6,8-9H2,1,3-5H3/t10-/m0/s1. The molecule has 3 heteroatoms. The van der Waals surface area contributed by atoms with E-state index in [9.17, 15) is 4.79 Å². The Hall–Kier alpha value is -0.830. The fraction of sp³-hybridized carbons (Fsp3) is 0.750. The number of carbonyl (C=O) groups is 1. The highest BCUT2D eigenvalue weighted by molar-refractivity contribution is 5.72. The van der Waals surface area contributed by atoms with Gasteiger partial charge in [-0.25, -0.2) is 0 Å². The number of hydrogen-bond donors (Lipinski definition) is 1. The molecular formula is C12H23NO2. The Balaban J connectivity index is 3.83. The van der Waals surface area contributed by atoms with Crippen molar-refractivity contribution >= 4 is 5.97 Å². The Morgan fingerprint density at radius 1 is 1.53 bits per heavy atom.